The van der Waals surface area contributed by atoms with Crippen LogP contribution >= 0.6 is 0 Å². The molecule has 3 aromatic rings. The predicted molar refractivity (Wildman–Crippen MR) is 101 cm³/mol. The van der Waals surface area contributed by atoms with Crippen LogP contribution in [-0.2, 0) is 11.8 Å². The molecule has 0 spiro atoms. The van der Waals surface area contributed by atoms with Gasteiger partial charge in [-0.05, 0) is 17.9 Å². The van der Waals surface area contributed by atoms with E-state index in [9.17, 15) is 4.79 Å². The van der Waals surface area contributed by atoms with E-state index in [0.717, 1.165) is 28.8 Å². The van der Waals surface area contributed by atoms with Crippen molar-refractivity contribution in [3.8, 4) is 0 Å². The van der Waals surface area contributed by atoms with E-state index in [4.69, 9.17) is 0 Å². The topological polar surface area (TPSA) is 59.3 Å². The summed E-state index contributed by atoms with van der Waals surface area (Å²) in [7, 11) is 1.89. The van der Waals surface area contributed by atoms with Gasteiger partial charge in [0, 0.05) is 30.3 Å². The molecule has 2 aromatic carbocycles. The van der Waals surface area contributed by atoms with Crippen LogP contribution < -0.4 is 5.43 Å². The van der Waals surface area contributed by atoms with Crippen LogP contribution in [0.25, 0.3) is 0 Å². The van der Waals surface area contributed by atoms with Gasteiger partial charge in [-0.15, -0.1) is 0 Å². The molecule has 4 rings (SSSR count). The quantitative estimate of drug-likeness (QED) is 0.571. The van der Waals surface area contributed by atoms with Gasteiger partial charge in [-0.3, -0.25) is 9.48 Å². The standard InChI is InChI=1S/C21H20N4O/c1-25-14-17(13-22-25)18-12-19(18)21(26)24-23-20(15-8-4-2-5-9-15)16-10-6-3-7-11-16/h2-11,13-14,18-19H,12H2,1H3,(H,24,26)/t18-,19-/m0/s1. The highest BCUT2D eigenvalue weighted by Gasteiger charge is 2.44. The van der Waals surface area contributed by atoms with Gasteiger partial charge < -0.3 is 0 Å². The smallest absolute Gasteiger partial charge is 0.243 e. The number of aromatic nitrogens is 2. The van der Waals surface area contributed by atoms with Crippen molar-refractivity contribution in [1.82, 2.24) is 15.2 Å². The SMILES string of the molecule is Cn1cc([C@@H]2C[C@@H]2C(=O)NN=C(c2ccccc2)c2ccccc2)cn1. The number of hydrazone groups is 1. The molecule has 2 atom stereocenters. The summed E-state index contributed by atoms with van der Waals surface area (Å²) in [6.45, 7) is 0. The highest BCUT2D eigenvalue weighted by Crippen LogP contribution is 2.47. The molecule has 26 heavy (non-hydrogen) atoms. The summed E-state index contributed by atoms with van der Waals surface area (Å²) < 4.78 is 1.77. The maximum atomic E-state index is 12.5. The molecule has 0 aliphatic heterocycles. The van der Waals surface area contributed by atoms with Crippen LogP contribution in [0.1, 0.15) is 29.0 Å². The number of aryl methyl sites for hydroxylation is 1. The fourth-order valence-electron chi connectivity index (χ4n) is 3.17. The van der Waals surface area contributed by atoms with Gasteiger partial charge in [0.2, 0.25) is 5.91 Å². The zero-order valence-corrected chi connectivity index (χ0v) is 14.5. The van der Waals surface area contributed by atoms with Gasteiger partial charge >= 0.3 is 0 Å². The van der Waals surface area contributed by atoms with E-state index in [-0.39, 0.29) is 17.7 Å². The number of rotatable bonds is 5. The van der Waals surface area contributed by atoms with Gasteiger partial charge in [-0.1, -0.05) is 60.7 Å². The third kappa shape index (κ3) is 3.42. The Labute approximate surface area is 152 Å². The molecule has 0 unspecified atom stereocenters. The van der Waals surface area contributed by atoms with Crippen LogP contribution in [0.3, 0.4) is 0 Å². The molecule has 5 nitrogen and oxygen atoms in total. The second-order valence-electron chi connectivity index (χ2n) is 6.56. The Bertz CT molecular complexity index is 889. The lowest BCUT2D eigenvalue weighted by Gasteiger charge is -2.08. The number of benzene rings is 2. The summed E-state index contributed by atoms with van der Waals surface area (Å²) >= 11 is 0. The number of amides is 1. The fourth-order valence-corrected chi connectivity index (χ4v) is 3.17. The van der Waals surface area contributed by atoms with Crippen LogP contribution in [-0.4, -0.2) is 21.4 Å². The zero-order chi connectivity index (χ0) is 17.9. The van der Waals surface area contributed by atoms with Gasteiger partial charge in [0.1, 0.15) is 0 Å². The number of hydrogen-bond acceptors (Lipinski definition) is 3. The molecule has 1 heterocycles. The maximum absolute atomic E-state index is 12.5. The van der Waals surface area contributed by atoms with Crippen molar-refractivity contribution < 1.29 is 4.79 Å². The molecule has 5 heteroatoms. The second kappa shape index (κ2) is 6.96. The number of carbonyl (C=O) groups excluding carboxylic acids is 1. The first-order valence-corrected chi connectivity index (χ1v) is 8.69. The Morgan fingerprint density at radius 1 is 1.08 bits per heavy atom. The van der Waals surface area contributed by atoms with Crippen molar-refractivity contribution in [2.24, 2.45) is 18.1 Å². The molecular formula is C21H20N4O. The van der Waals surface area contributed by atoms with Crippen molar-refractivity contribution >= 4 is 11.6 Å². The van der Waals surface area contributed by atoms with Crippen molar-refractivity contribution in [2.45, 2.75) is 12.3 Å². The van der Waals surface area contributed by atoms with E-state index in [1.165, 1.54) is 0 Å². The Balaban J connectivity index is 1.52. The first-order chi connectivity index (χ1) is 12.7. The minimum absolute atomic E-state index is 0.0317. The number of carbonyl (C=O) groups is 1. The van der Waals surface area contributed by atoms with Crippen LogP contribution in [0.15, 0.2) is 78.2 Å². The Morgan fingerprint density at radius 3 is 2.23 bits per heavy atom. The zero-order valence-electron chi connectivity index (χ0n) is 14.5. The summed E-state index contributed by atoms with van der Waals surface area (Å²) in [5.41, 5.74) is 6.59. The number of nitrogens with one attached hydrogen (secondary N) is 1. The Hall–Kier alpha value is -3.21. The van der Waals surface area contributed by atoms with E-state index in [2.05, 4.69) is 15.6 Å². The predicted octanol–water partition coefficient (Wildman–Crippen LogP) is 3.09. The lowest BCUT2D eigenvalue weighted by atomic mass is 10.0. The van der Waals surface area contributed by atoms with E-state index < -0.39 is 0 Å². The van der Waals surface area contributed by atoms with Crippen LogP contribution in [0.2, 0.25) is 0 Å². The first kappa shape index (κ1) is 16.3. The van der Waals surface area contributed by atoms with Crippen LogP contribution in [0.4, 0.5) is 0 Å². The molecule has 1 saturated carbocycles. The Morgan fingerprint density at radius 2 is 1.69 bits per heavy atom. The minimum atomic E-state index is -0.0387. The van der Waals surface area contributed by atoms with Crippen molar-refractivity contribution in [3.05, 3.63) is 89.7 Å². The molecule has 1 aromatic heterocycles. The molecular weight excluding hydrogens is 324 g/mol. The third-order valence-electron chi connectivity index (χ3n) is 4.65. The monoisotopic (exact) mass is 344 g/mol. The van der Waals surface area contributed by atoms with Gasteiger partial charge in [0.15, 0.2) is 0 Å². The van der Waals surface area contributed by atoms with Crippen molar-refractivity contribution in [3.63, 3.8) is 0 Å². The normalized spacial score (nSPS) is 18.2. The lowest BCUT2D eigenvalue weighted by Crippen LogP contribution is -2.22. The summed E-state index contributed by atoms with van der Waals surface area (Å²) in [5, 5.41) is 8.64. The highest BCUT2D eigenvalue weighted by molar-refractivity contribution is 6.13. The fraction of sp³-hybridized carbons (Fsp3) is 0.190. The van der Waals surface area contributed by atoms with Crippen molar-refractivity contribution in [2.75, 3.05) is 0 Å². The van der Waals surface area contributed by atoms with Gasteiger partial charge in [0.05, 0.1) is 11.9 Å². The van der Waals surface area contributed by atoms with Gasteiger partial charge in [0.25, 0.3) is 0 Å². The van der Waals surface area contributed by atoms with E-state index in [1.54, 1.807) is 4.68 Å². The van der Waals surface area contributed by atoms with E-state index in [1.807, 2.05) is 80.1 Å². The Kier molecular flexibility index (Phi) is 4.35. The molecule has 1 N–H and O–H groups in total. The molecule has 1 aliphatic carbocycles. The summed E-state index contributed by atoms with van der Waals surface area (Å²) in [6, 6.07) is 19.8. The van der Waals surface area contributed by atoms with E-state index >= 15 is 0 Å². The van der Waals surface area contributed by atoms with Gasteiger partial charge in [-0.25, -0.2) is 5.43 Å². The summed E-state index contributed by atoms with van der Waals surface area (Å²) in [4.78, 5) is 12.5. The molecule has 0 bridgehead atoms. The first-order valence-electron chi connectivity index (χ1n) is 8.69. The minimum Gasteiger partial charge on any atom is -0.276 e. The number of hydrogen-bond donors (Lipinski definition) is 1. The summed E-state index contributed by atoms with van der Waals surface area (Å²) in [6.07, 6.45) is 4.65. The largest absolute Gasteiger partial charge is 0.276 e. The average Bonchev–Trinajstić information content (AvgIpc) is 3.37. The molecule has 1 fully saturated rings. The molecule has 130 valence electrons. The lowest BCUT2D eigenvalue weighted by molar-refractivity contribution is -0.122. The maximum Gasteiger partial charge on any atom is 0.243 e. The second-order valence-corrected chi connectivity index (χ2v) is 6.56. The average molecular weight is 344 g/mol. The number of nitrogens with zero attached hydrogens (tertiary/aromatic N) is 3. The van der Waals surface area contributed by atoms with E-state index in [0.29, 0.717) is 0 Å². The van der Waals surface area contributed by atoms with Crippen LogP contribution in [0, 0.1) is 5.92 Å². The van der Waals surface area contributed by atoms with Crippen molar-refractivity contribution in [1.29, 1.82) is 0 Å². The molecule has 0 saturated heterocycles. The molecule has 1 amide bonds. The highest BCUT2D eigenvalue weighted by atomic mass is 16.2. The molecule has 1 aliphatic rings. The molecule has 0 radical (unpaired) electrons. The van der Waals surface area contributed by atoms with Crippen LogP contribution in [0.5, 0.6) is 0 Å². The van der Waals surface area contributed by atoms with Gasteiger partial charge in [-0.2, -0.15) is 10.2 Å². The third-order valence-corrected chi connectivity index (χ3v) is 4.65. The summed E-state index contributed by atoms with van der Waals surface area (Å²) in [5.74, 6) is 0.176.